The number of nitrogens with two attached hydrogens (primary N) is 1. The molecule has 1 rings (SSSR count). The molecule has 0 spiro atoms. The lowest BCUT2D eigenvalue weighted by Crippen LogP contribution is -2.50. The topological polar surface area (TPSA) is 73.6 Å². The molecule has 1 heterocycles. The van der Waals surface area contributed by atoms with E-state index >= 15 is 0 Å². The Balaban J connectivity index is 2.41. The van der Waals surface area contributed by atoms with Crippen LogP contribution in [-0.4, -0.2) is 44.4 Å². The lowest BCUT2D eigenvalue weighted by Gasteiger charge is -2.27. The van der Waals surface area contributed by atoms with Gasteiger partial charge in [0.25, 0.3) is 0 Å². The third-order valence-corrected chi connectivity index (χ3v) is 3.11. The van der Waals surface area contributed by atoms with Crippen LogP contribution in [-0.2, 0) is 14.3 Å². The molecule has 1 amide bonds. The number of carbonyl (C=O) groups is 1. The first-order chi connectivity index (χ1) is 7.51. The molecule has 1 aliphatic rings. The Morgan fingerprint density at radius 2 is 2.31 bits per heavy atom. The molecule has 0 radical (unpaired) electrons. The van der Waals surface area contributed by atoms with Crippen molar-refractivity contribution in [2.75, 3.05) is 26.9 Å². The molecule has 0 saturated carbocycles. The highest BCUT2D eigenvalue weighted by atomic mass is 16.5. The van der Waals surface area contributed by atoms with Gasteiger partial charge < -0.3 is 20.5 Å². The largest absolute Gasteiger partial charge is 0.378 e. The van der Waals surface area contributed by atoms with Crippen LogP contribution in [0.5, 0.6) is 0 Å². The molecule has 0 bridgehead atoms. The van der Waals surface area contributed by atoms with E-state index in [-0.39, 0.29) is 17.4 Å². The smallest absolute Gasteiger partial charge is 0.237 e. The van der Waals surface area contributed by atoms with Gasteiger partial charge in [-0.05, 0) is 5.92 Å². The first-order valence-corrected chi connectivity index (χ1v) is 5.67. The van der Waals surface area contributed by atoms with Crippen LogP contribution in [0.15, 0.2) is 0 Å². The molecular formula is C11H22N2O3. The van der Waals surface area contributed by atoms with Crippen LogP contribution < -0.4 is 11.1 Å². The Morgan fingerprint density at radius 1 is 1.62 bits per heavy atom. The van der Waals surface area contributed by atoms with Crippen LogP contribution in [0.3, 0.4) is 0 Å². The minimum Gasteiger partial charge on any atom is -0.378 e. The minimum atomic E-state index is -0.462. The summed E-state index contributed by atoms with van der Waals surface area (Å²) in [5, 5.41) is 2.83. The van der Waals surface area contributed by atoms with E-state index in [0.717, 1.165) is 6.42 Å². The Labute approximate surface area is 96.7 Å². The normalized spacial score (nSPS) is 27.1. The summed E-state index contributed by atoms with van der Waals surface area (Å²) in [5.74, 6) is 0.0108. The maximum absolute atomic E-state index is 11.7. The van der Waals surface area contributed by atoms with Crippen molar-refractivity contribution in [3.63, 3.8) is 0 Å². The third-order valence-electron chi connectivity index (χ3n) is 3.11. The predicted octanol–water partition coefficient (Wildman–Crippen LogP) is -0.109. The molecule has 5 heteroatoms. The zero-order valence-corrected chi connectivity index (χ0v) is 10.3. The van der Waals surface area contributed by atoms with Gasteiger partial charge in [-0.25, -0.2) is 0 Å². The first kappa shape index (κ1) is 13.4. The molecule has 1 aliphatic heterocycles. The maximum Gasteiger partial charge on any atom is 0.237 e. The Bertz CT molecular complexity index is 237. The molecule has 1 fully saturated rings. The molecule has 0 aromatic rings. The van der Waals surface area contributed by atoms with Crippen molar-refractivity contribution in [3.05, 3.63) is 0 Å². The first-order valence-electron chi connectivity index (χ1n) is 5.67. The fraction of sp³-hybridized carbons (Fsp3) is 0.909. The van der Waals surface area contributed by atoms with E-state index in [9.17, 15) is 4.79 Å². The average molecular weight is 230 g/mol. The number of amides is 1. The summed E-state index contributed by atoms with van der Waals surface area (Å²) < 4.78 is 10.7. The zero-order chi connectivity index (χ0) is 12.2. The van der Waals surface area contributed by atoms with Crippen molar-refractivity contribution < 1.29 is 14.3 Å². The summed E-state index contributed by atoms with van der Waals surface area (Å²) in [6, 6.07) is -0.462. The van der Waals surface area contributed by atoms with Gasteiger partial charge in [0.15, 0.2) is 0 Å². The number of hydrogen-bond acceptors (Lipinski definition) is 4. The quantitative estimate of drug-likeness (QED) is 0.691. The van der Waals surface area contributed by atoms with Crippen LogP contribution in [0, 0.1) is 5.92 Å². The SMILES string of the molecule is COC1(CNC(=O)[C@@H](N)C(C)C)CCOC1. The Kier molecular flexibility index (Phi) is 4.70. The van der Waals surface area contributed by atoms with Crippen molar-refractivity contribution in [1.82, 2.24) is 5.32 Å². The van der Waals surface area contributed by atoms with E-state index in [0.29, 0.717) is 19.8 Å². The molecule has 0 aromatic carbocycles. The van der Waals surface area contributed by atoms with Gasteiger partial charge in [0.2, 0.25) is 5.91 Å². The van der Waals surface area contributed by atoms with E-state index in [1.165, 1.54) is 0 Å². The molecule has 2 atom stereocenters. The van der Waals surface area contributed by atoms with Crippen LogP contribution in [0.1, 0.15) is 20.3 Å². The van der Waals surface area contributed by atoms with Crippen LogP contribution in [0.2, 0.25) is 0 Å². The highest BCUT2D eigenvalue weighted by Crippen LogP contribution is 2.21. The molecule has 5 nitrogen and oxygen atoms in total. The van der Waals surface area contributed by atoms with Crippen molar-refractivity contribution in [3.8, 4) is 0 Å². The molecule has 1 unspecified atom stereocenters. The summed E-state index contributed by atoms with van der Waals surface area (Å²) in [5.41, 5.74) is 5.38. The lowest BCUT2D eigenvalue weighted by molar-refractivity contribution is -0.124. The Morgan fingerprint density at radius 3 is 2.75 bits per heavy atom. The fourth-order valence-corrected chi connectivity index (χ4v) is 1.63. The second-order valence-corrected chi connectivity index (χ2v) is 4.68. The van der Waals surface area contributed by atoms with E-state index in [1.807, 2.05) is 13.8 Å². The van der Waals surface area contributed by atoms with E-state index in [1.54, 1.807) is 7.11 Å². The summed E-state index contributed by atoms with van der Waals surface area (Å²) in [7, 11) is 1.64. The molecule has 1 saturated heterocycles. The van der Waals surface area contributed by atoms with Gasteiger partial charge in [-0.15, -0.1) is 0 Å². The highest BCUT2D eigenvalue weighted by Gasteiger charge is 2.35. The van der Waals surface area contributed by atoms with Gasteiger partial charge in [-0.2, -0.15) is 0 Å². The van der Waals surface area contributed by atoms with Crippen molar-refractivity contribution in [2.24, 2.45) is 11.7 Å². The Hall–Kier alpha value is -0.650. The summed E-state index contributed by atoms with van der Waals surface area (Å²) in [6.45, 7) is 5.52. The van der Waals surface area contributed by atoms with Crippen LogP contribution in [0.25, 0.3) is 0 Å². The molecule has 94 valence electrons. The fourth-order valence-electron chi connectivity index (χ4n) is 1.63. The standard InChI is InChI=1S/C11H22N2O3/c1-8(2)9(12)10(14)13-6-11(15-3)4-5-16-7-11/h8-9H,4-7,12H2,1-3H3,(H,13,14)/t9-,11?/m0/s1. The summed E-state index contributed by atoms with van der Waals surface area (Å²) in [4.78, 5) is 11.7. The van der Waals surface area contributed by atoms with E-state index < -0.39 is 6.04 Å². The number of rotatable bonds is 5. The van der Waals surface area contributed by atoms with Gasteiger partial charge in [-0.1, -0.05) is 13.8 Å². The average Bonchev–Trinajstić information content (AvgIpc) is 2.74. The van der Waals surface area contributed by atoms with Crippen molar-refractivity contribution in [1.29, 1.82) is 0 Å². The maximum atomic E-state index is 11.7. The van der Waals surface area contributed by atoms with Crippen LogP contribution in [0.4, 0.5) is 0 Å². The van der Waals surface area contributed by atoms with E-state index in [4.69, 9.17) is 15.2 Å². The summed E-state index contributed by atoms with van der Waals surface area (Å²) in [6.07, 6.45) is 0.806. The summed E-state index contributed by atoms with van der Waals surface area (Å²) >= 11 is 0. The van der Waals surface area contributed by atoms with Gasteiger partial charge >= 0.3 is 0 Å². The molecule has 3 N–H and O–H groups in total. The van der Waals surface area contributed by atoms with Gasteiger partial charge in [0, 0.05) is 26.7 Å². The predicted molar refractivity (Wildman–Crippen MR) is 61.0 cm³/mol. The number of methoxy groups -OCH3 is 1. The van der Waals surface area contributed by atoms with Gasteiger partial charge in [0.05, 0.1) is 12.6 Å². The lowest BCUT2D eigenvalue weighted by atomic mass is 10.0. The molecule has 16 heavy (non-hydrogen) atoms. The molecule has 0 aliphatic carbocycles. The molecular weight excluding hydrogens is 208 g/mol. The number of carbonyl (C=O) groups excluding carboxylic acids is 1. The zero-order valence-electron chi connectivity index (χ0n) is 10.3. The van der Waals surface area contributed by atoms with Crippen LogP contribution >= 0.6 is 0 Å². The number of ether oxygens (including phenoxy) is 2. The number of hydrogen-bond donors (Lipinski definition) is 2. The minimum absolute atomic E-state index is 0.127. The highest BCUT2D eigenvalue weighted by molar-refractivity contribution is 5.81. The van der Waals surface area contributed by atoms with E-state index in [2.05, 4.69) is 5.32 Å². The molecule has 0 aromatic heterocycles. The van der Waals surface area contributed by atoms with Gasteiger partial charge in [0.1, 0.15) is 5.60 Å². The van der Waals surface area contributed by atoms with Crippen molar-refractivity contribution >= 4 is 5.91 Å². The third kappa shape index (κ3) is 3.17. The van der Waals surface area contributed by atoms with Gasteiger partial charge in [-0.3, -0.25) is 4.79 Å². The number of nitrogens with one attached hydrogen (secondary N) is 1. The van der Waals surface area contributed by atoms with Crippen molar-refractivity contribution in [2.45, 2.75) is 31.9 Å². The monoisotopic (exact) mass is 230 g/mol. The second kappa shape index (κ2) is 5.61. The second-order valence-electron chi connectivity index (χ2n) is 4.68.